The fourth-order valence-corrected chi connectivity index (χ4v) is 15.9. The van der Waals surface area contributed by atoms with Crippen molar-refractivity contribution in [2.75, 3.05) is 32.3 Å². The second-order valence-corrected chi connectivity index (χ2v) is 32.4. The Morgan fingerprint density at radius 1 is 0.353 bits per heavy atom. The molecule has 9 aromatic rings. The Kier molecular flexibility index (Phi) is 18.7. The number of Topliss-reactive ketones (excluding diaryl/α,β-unsaturated/α-hetero) is 2. The fourth-order valence-electron chi connectivity index (χ4n) is 10.0. The summed E-state index contributed by atoms with van der Waals surface area (Å²) in [4.78, 5) is 52.1. The van der Waals surface area contributed by atoms with Crippen LogP contribution in [-0.2, 0) is 80.9 Å². The molecule has 102 heavy (non-hydrogen) atoms. The van der Waals surface area contributed by atoms with Crippen LogP contribution < -0.4 is 32.3 Å². The number of nitrogens with zero attached hydrogens (tertiary/aromatic N) is 8. The molecular formula is C52H34Cl2N14O26S8. The molecule has 14 N–H and O–H groups in total. The number of carbonyl (C=O) groups is 2. The summed E-state index contributed by atoms with van der Waals surface area (Å²) in [5.41, 5.74) is 1.78. The first-order valence-electron chi connectivity index (χ1n) is 26.7. The number of rotatable bonds is 20. The van der Waals surface area contributed by atoms with E-state index in [1.54, 1.807) is 0 Å². The molecule has 0 amide bonds. The minimum Gasteiger partial charge on any atom is -0.324 e. The number of fused-ring (bicyclic) bond motifs is 4. The summed E-state index contributed by atoms with van der Waals surface area (Å²) in [6.45, 7) is 0. The van der Waals surface area contributed by atoms with E-state index in [-0.39, 0.29) is 11.4 Å². The number of allylic oxidation sites excluding steroid dienone is 2. The quantitative estimate of drug-likeness (QED) is 0.0311. The average molecular weight is 1600 g/mol. The summed E-state index contributed by atoms with van der Waals surface area (Å²) in [6.07, 6.45) is 1.08. The predicted octanol–water partition coefficient (Wildman–Crippen LogP) is 5.91. The van der Waals surface area contributed by atoms with E-state index in [9.17, 15) is 113 Å². The van der Waals surface area contributed by atoms with E-state index in [1.165, 1.54) is 24.3 Å². The van der Waals surface area contributed by atoms with Gasteiger partial charge in [0.05, 0.1) is 43.7 Å². The molecule has 2 aliphatic rings. The number of carbonyl (C=O) groups excluding carboxylic acids is 2. The van der Waals surface area contributed by atoms with Crippen LogP contribution in [0.1, 0.15) is 31.8 Å². The number of nitrogens with one attached hydrogen (secondary N) is 6. The third kappa shape index (κ3) is 15.2. The van der Waals surface area contributed by atoms with Gasteiger partial charge >= 0.3 is 0 Å². The molecule has 2 aliphatic carbocycles. The van der Waals surface area contributed by atoms with E-state index in [4.69, 9.17) is 23.2 Å². The number of hydrogen-bond acceptors (Lipinski definition) is 32. The van der Waals surface area contributed by atoms with Crippen molar-refractivity contribution in [3.05, 3.63) is 152 Å². The van der Waals surface area contributed by atoms with Crippen LogP contribution in [0.5, 0.6) is 0 Å². The minimum absolute atomic E-state index is 0.0995. The second kappa shape index (κ2) is 26.1. The zero-order valence-corrected chi connectivity index (χ0v) is 57.1. The van der Waals surface area contributed by atoms with Crippen LogP contribution in [-0.4, -0.2) is 157 Å². The molecule has 0 unspecified atom stereocenters. The Balaban J connectivity index is 0.871. The molecule has 0 radical (unpaired) electrons. The molecule has 0 fully saturated rings. The number of hydrogen-bond donors (Lipinski definition) is 14. The SMILES string of the molecule is O=C1/C(=N/c2nc(Cl)nc(Nc3ccc(Nc4nc(Cl)nc(/N=C5\C(=O)c6c(cc(S(=O)(=O)O)cc6NNc6ccc7c(S(=O)(=O)O)cccc7c6S(=O)(=O)O)C=C5S(=O)(=O)O)n4)cc3)n2)C(S(=O)(=O)O)=Cc2cc(S(=O)(=O)O)cc(NNc3ccc4c(S(=O)(=O)O)cccc4c3S(=O)(=O)O)c21. The first-order valence-corrected chi connectivity index (χ1v) is 39.0. The van der Waals surface area contributed by atoms with Crippen LogP contribution in [0.25, 0.3) is 33.7 Å². The molecular weight excluding hydrogens is 1560 g/mol. The van der Waals surface area contributed by atoms with Gasteiger partial charge in [0, 0.05) is 32.9 Å². The molecule has 2 heterocycles. The number of halogens is 2. The maximum absolute atomic E-state index is 14.5. The molecule has 530 valence electrons. The van der Waals surface area contributed by atoms with Crippen LogP contribution in [0.15, 0.2) is 158 Å². The van der Waals surface area contributed by atoms with E-state index in [2.05, 4.69) is 72.2 Å². The van der Waals surface area contributed by atoms with E-state index >= 15 is 0 Å². The van der Waals surface area contributed by atoms with Crippen molar-refractivity contribution in [2.45, 2.75) is 29.4 Å². The van der Waals surface area contributed by atoms with E-state index in [1.807, 2.05) is 0 Å². The highest BCUT2D eigenvalue weighted by molar-refractivity contribution is 7.91. The van der Waals surface area contributed by atoms with Gasteiger partial charge in [0.1, 0.15) is 40.8 Å². The van der Waals surface area contributed by atoms with Crippen molar-refractivity contribution >= 4 is 219 Å². The largest absolute Gasteiger partial charge is 0.324 e. The Bertz CT molecular complexity index is 6010. The van der Waals surface area contributed by atoms with Gasteiger partial charge in [-0.05, 0) is 119 Å². The summed E-state index contributed by atoms with van der Waals surface area (Å²) in [5, 5.41) is 2.26. The summed E-state index contributed by atoms with van der Waals surface area (Å²) in [5.74, 6) is -5.59. The van der Waals surface area contributed by atoms with Crippen LogP contribution in [0.2, 0.25) is 10.6 Å². The summed E-state index contributed by atoms with van der Waals surface area (Å²) in [7, 11) is -42.3. The van der Waals surface area contributed by atoms with Gasteiger partial charge in [-0.15, -0.1) is 0 Å². The molecule has 40 nitrogen and oxygen atoms in total. The Morgan fingerprint density at radius 3 is 1.01 bits per heavy atom. The number of aromatic nitrogens is 6. The van der Waals surface area contributed by atoms with Crippen molar-refractivity contribution < 1.29 is 113 Å². The summed E-state index contributed by atoms with van der Waals surface area (Å²) < 4.78 is 283. The van der Waals surface area contributed by atoms with E-state index in [0.29, 0.717) is 36.4 Å². The van der Waals surface area contributed by atoms with Crippen molar-refractivity contribution in [2.24, 2.45) is 9.98 Å². The molecule has 0 spiro atoms. The highest BCUT2D eigenvalue weighted by Crippen LogP contribution is 2.40. The van der Waals surface area contributed by atoms with Gasteiger partial charge in [0.2, 0.25) is 34.0 Å². The Hall–Kier alpha value is -10.1. The van der Waals surface area contributed by atoms with Crippen molar-refractivity contribution in [1.82, 2.24) is 29.9 Å². The standard InChI is InChI=1S/C52H34Cl2N14O26S8/c53-47-59-49(63-51(61-47)57-41-37(99(83,84)85)17-21-15-25(95(71,72)73)19-33(39(21)43(41)69)67-65-31-13-11-27-29(45(31)101(89,90)91)3-1-5-35(27)97(77,78)79)55-23-7-9-24(10-8-23)56-50-60-48(54)62-52(64-50)58-42-38(100(86,87)88)18-22-16-26(96(74,75)76)20-34(40(22)44(42)70)68-66-32-14-12-28-30(46(32)102(92,93)94)4-2-6-36(28)98(80,81)82/h1-20,65-68H,(H,71,72,73)(H,74,75,76)(H,77,78,79)(H,80,81,82)(H,83,84,85)(H,86,87,88)(H,89,90,91)(H,92,93,94)(H,55,59,61,63)(H,56,60,62,64)/b57-41-,58-42+. The van der Waals surface area contributed by atoms with Gasteiger partial charge in [-0.1, -0.05) is 36.4 Å². The lowest BCUT2D eigenvalue weighted by Crippen LogP contribution is -2.28. The Labute approximate surface area is 581 Å². The van der Waals surface area contributed by atoms with Crippen molar-refractivity contribution in [1.29, 1.82) is 0 Å². The monoisotopic (exact) mass is 1600 g/mol. The predicted molar refractivity (Wildman–Crippen MR) is 359 cm³/mol. The lowest BCUT2D eigenvalue weighted by Gasteiger charge is -2.22. The molecule has 2 aromatic heterocycles. The molecule has 7 aromatic carbocycles. The van der Waals surface area contributed by atoms with Gasteiger partial charge in [-0.3, -0.25) is 56.9 Å². The number of ketones is 2. The van der Waals surface area contributed by atoms with Gasteiger partial charge in [-0.25, -0.2) is 9.98 Å². The molecule has 0 saturated carbocycles. The first kappa shape index (κ1) is 73.1. The highest BCUT2D eigenvalue weighted by Gasteiger charge is 2.39. The molecule has 0 aliphatic heterocycles. The van der Waals surface area contributed by atoms with Gasteiger partial charge in [0.25, 0.3) is 92.8 Å². The lowest BCUT2D eigenvalue weighted by atomic mass is 9.93. The van der Waals surface area contributed by atoms with Crippen LogP contribution in [0.4, 0.5) is 57.9 Å². The minimum atomic E-state index is -5.55. The number of aliphatic imine (C=N–C) groups is 2. The molecule has 50 heteroatoms. The van der Waals surface area contributed by atoms with Crippen molar-refractivity contribution in [3.8, 4) is 0 Å². The Morgan fingerprint density at radius 2 is 0.696 bits per heavy atom. The second-order valence-electron chi connectivity index (χ2n) is 20.6. The van der Waals surface area contributed by atoms with Gasteiger partial charge in [0.15, 0.2) is 0 Å². The lowest BCUT2D eigenvalue weighted by molar-refractivity contribution is 0.105. The number of hydrazine groups is 2. The third-order valence-corrected chi connectivity index (χ3v) is 21.5. The van der Waals surface area contributed by atoms with Crippen LogP contribution >= 0.6 is 23.2 Å². The van der Waals surface area contributed by atoms with Gasteiger partial charge < -0.3 is 21.5 Å². The molecule has 0 bridgehead atoms. The number of benzene rings is 7. The van der Waals surface area contributed by atoms with E-state index < -0.39 is 244 Å². The topological polar surface area (TPSA) is 643 Å². The average Bonchev–Trinajstić information content (AvgIpc) is 0.758. The third-order valence-electron chi connectivity index (χ3n) is 14.1. The maximum atomic E-state index is 14.5. The molecule has 11 rings (SSSR count). The van der Waals surface area contributed by atoms with Gasteiger partial charge in [-0.2, -0.15) is 97.2 Å². The van der Waals surface area contributed by atoms with Crippen molar-refractivity contribution in [3.63, 3.8) is 0 Å². The summed E-state index contributed by atoms with van der Waals surface area (Å²) in [6, 6.07) is 17.3. The molecule has 0 saturated heterocycles. The smallest absolute Gasteiger partial charge is 0.297 e. The molecule has 0 atom stereocenters. The zero-order valence-electron chi connectivity index (χ0n) is 49.1. The van der Waals surface area contributed by atoms with E-state index in [0.717, 1.165) is 60.7 Å². The maximum Gasteiger partial charge on any atom is 0.297 e. The normalized spacial score (nSPS) is 14.8. The first-order chi connectivity index (χ1) is 47.2. The highest BCUT2D eigenvalue weighted by atomic mass is 35.5. The van der Waals surface area contributed by atoms with Crippen LogP contribution in [0, 0.1) is 0 Å². The summed E-state index contributed by atoms with van der Waals surface area (Å²) >= 11 is 12.4. The number of anilines is 8. The zero-order chi connectivity index (χ0) is 74.5. The van der Waals surface area contributed by atoms with Crippen LogP contribution in [0.3, 0.4) is 0 Å². The fraction of sp³-hybridized carbons (Fsp3) is 0.